The third kappa shape index (κ3) is 3.60. The molecule has 1 saturated carbocycles. The van der Waals surface area contributed by atoms with Gasteiger partial charge in [-0.1, -0.05) is 19.3 Å². The maximum Gasteiger partial charge on any atom is 0.130 e. The van der Waals surface area contributed by atoms with Crippen LogP contribution in [0.1, 0.15) is 37.9 Å². The Bertz CT molecular complexity index is 385. The van der Waals surface area contributed by atoms with Crippen molar-refractivity contribution in [1.82, 2.24) is 9.97 Å². The predicted octanol–water partition coefficient (Wildman–Crippen LogP) is 4.03. The number of hydrogen-bond donors (Lipinski definition) is 1. The molecule has 0 unspecified atom stereocenters. The van der Waals surface area contributed by atoms with E-state index >= 15 is 0 Å². The van der Waals surface area contributed by atoms with E-state index < -0.39 is 0 Å². The highest BCUT2D eigenvalue weighted by atomic mass is 79.9. The number of aryl methyl sites for hydroxylation is 1. The van der Waals surface area contributed by atoms with Gasteiger partial charge in [0.25, 0.3) is 0 Å². The summed E-state index contributed by atoms with van der Waals surface area (Å²) in [4.78, 5) is 8.65. The topological polar surface area (TPSA) is 37.8 Å². The van der Waals surface area contributed by atoms with E-state index in [0.29, 0.717) is 4.75 Å². The molecule has 0 bridgehead atoms. The van der Waals surface area contributed by atoms with Crippen molar-refractivity contribution in [2.75, 3.05) is 18.1 Å². The molecule has 5 heteroatoms. The fourth-order valence-electron chi connectivity index (χ4n) is 2.52. The molecule has 0 amide bonds. The number of hydrogen-bond acceptors (Lipinski definition) is 4. The molecule has 0 aliphatic heterocycles. The predicted molar refractivity (Wildman–Crippen MR) is 82.3 cm³/mol. The van der Waals surface area contributed by atoms with E-state index in [1.54, 1.807) is 0 Å². The fraction of sp³-hybridized carbons (Fsp3) is 0.692. The number of anilines is 1. The number of aromatic nitrogens is 2. The zero-order valence-electron chi connectivity index (χ0n) is 11.0. The molecule has 1 aromatic rings. The van der Waals surface area contributed by atoms with Gasteiger partial charge in [-0.15, -0.1) is 0 Å². The van der Waals surface area contributed by atoms with Crippen LogP contribution >= 0.6 is 27.7 Å². The average Bonchev–Trinajstić information content (AvgIpc) is 2.36. The lowest BCUT2D eigenvalue weighted by molar-refractivity contribution is 0.411. The maximum absolute atomic E-state index is 4.42. The van der Waals surface area contributed by atoms with Gasteiger partial charge in [0.05, 0.1) is 0 Å². The highest BCUT2D eigenvalue weighted by Crippen LogP contribution is 2.38. The van der Waals surface area contributed by atoms with Crippen molar-refractivity contribution >= 4 is 33.5 Å². The zero-order valence-corrected chi connectivity index (χ0v) is 13.4. The van der Waals surface area contributed by atoms with Gasteiger partial charge < -0.3 is 5.32 Å². The van der Waals surface area contributed by atoms with E-state index in [1.165, 1.54) is 32.1 Å². The first-order chi connectivity index (χ1) is 8.63. The second kappa shape index (κ2) is 6.24. The summed E-state index contributed by atoms with van der Waals surface area (Å²) >= 11 is 5.42. The first-order valence-corrected chi connectivity index (χ1v) is 8.46. The molecule has 1 fully saturated rings. The van der Waals surface area contributed by atoms with Crippen LogP contribution in [-0.4, -0.2) is 27.5 Å². The van der Waals surface area contributed by atoms with Crippen molar-refractivity contribution in [3.8, 4) is 0 Å². The van der Waals surface area contributed by atoms with Crippen molar-refractivity contribution in [3.05, 3.63) is 16.5 Å². The molecule has 0 saturated heterocycles. The molecule has 1 N–H and O–H groups in total. The third-order valence-electron chi connectivity index (χ3n) is 3.60. The molecule has 1 aliphatic rings. The van der Waals surface area contributed by atoms with Crippen molar-refractivity contribution in [1.29, 1.82) is 0 Å². The highest BCUT2D eigenvalue weighted by molar-refractivity contribution is 9.10. The lowest BCUT2D eigenvalue weighted by Gasteiger charge is -2.36. The van der Waals surface area contributed by atoms with Crippen molar-refractivity contribution in [3.63, 3.8) is 0 Å². The molecule has 2 rings (SSSR count). The Balaban J connectivity index is 2.00. The van der Waals surface area contributed by atoms with Crippen molar-refractivity contribution in [2.45, 2.75) is 43.8 Å². The molecular weight excluding hydrogens is 310 g/mol. The van der Waals surface area contributed by atoms with Crippen LogP contribution in [0.2, 0.25) is 0 Å². The summed E-state index contributed by atoms with van der Waals surface area (Å²) in [6.07, 6.45) is 8.96. The lowest BCUT2D eigenvalue weighted by atomic mass is 9.88. The van der Waals surface area contributed by atoms with E-state index in [0.717, 1.165) is 22.8 Å². The molecule has 1 aliphatic carbocycles. The second-order valence-corrected chi connectivity index (χ2v) is 7.01. The van der Waals surface area contributed by atoms with Gasteiger partial charge in [0.15, 0.2) is 0 Å². The summed E-state index contributed by atoms with van der Waals surface area (Å²) < 4.78 is 1.24. The Hall–Kier alpha value is -0.290. The second-order valence-electron chi connectivity index (χ2n) is 4.92. The van der Waals surface area contributed by atoms with Gasteiger partial charge >= 0.3 is 0 Å². The van der Waals surface area contributed by atoms with Crippen molar-refractivity contribution < 1.29 is 0 Å². The number of nitrogens with one attached hydrogen (secondary N) is 1. The maximum atomic E-state index is 4.42. The number of thioether (sulfide) groups is 1. The average molecular weight is 330 g/mol. The van der Waals surface area contributed by atoms with Gasteiger partial charge in [0.1, 0.15) is 16.2 Å². The molecule has 1 aromatic heterocycles. The van der Waals surface area contributed by atoms with Crippen LogP contribution in [0, 0.1) is 6.92 Å². The van der Waals surface area contributed by atoms with E-state index in [-0.39, 0.29) is 0 Å². The molecule has 18 heavy (non-hydrogen) atoms. The third-order valence-corrected chi connectivity index (χ3v) is 5.42. The normalized spacial score (nSPS) is 18.6. The summed E-state index contributed by atoms with van der Waals surface area (Å²) in [5.74, 6) is 1.72. The summed E-state index contributed by atoms with van der Waals surface area (Å²) in [6.45, 7) is 2.91. The van der Waals surface area contributed by atoms with Gasteiger partial charge in [0, 0.05) is 17.4 Å². The van der Waals surface area contributed by atoms with Crippen LogP contribution in [0.3, 0.4) is 0 Å². The Morgan fingerprint density at radius 3 is 2.67 bits per heavy atom. The van der Waals surface area contributed by atoms with Crippen LogP contribution in [0.5, 0.6) is 0 Å². The minimum absolute atomic E-state index is 0.392. The van der Waals surface area contributed by atoms with Gasteiger partial charge in [-0.25, -0.2) is 9.97 Å². The molecule has 100 valence electrons. The summed E-state index contributed by atoms with van der Waals surface area (Å²) in [7, 11) is 0. The van der Waals surface area contributed by atoms with Crippen LogP contribution < -0.4 is 5.32 Å². The quantitative estimate of drug-likeness (QED) is 0.846. The Kier molecular flexibility index (Phi) is 4.90. The van der Waals surface area contributed by atoms with Crippen LogP contribution in [0.4, 0.5) is 5.82 Å². The van der Waals surface area contributed by atoms with Crippen LogP contribution in [0.25, 0.3) is 0 Å². The standard InChI is InChI=1S/C13H20BrN3S/c1-10-16-11(14)8-12(17-10)15-9-13(18-2)6-4-3-5-7-13/h8H,3-7,9H2,1-2H3,(H,15,16,17). The van der Waals surface area contributed by atoms with E-state index in [9.17, 15) is 0 Å². The van der Waals surface area contributed by atoms with E-state index in [1.807, 2.05) is 24.8 Å². The Labute approximate surface area is 122 Å². The molecule has 0 aromatic carbocycles. The summed E-state index contributed by atoms with van der Waals surface area (Å²) in [5, 5.41) is 3.49. The largest absolute Gasteiger partial charge is 0.369 e. The highest BCUT2D eigenvalue weighted by Gasteiger charge is 2.30. The number of nitrogens with zero attached hydrogens (tertiary/aromatic N) is 2. The molecule has 0 spiro atoms. The molecule has 0 atom stereocenters. The first-order valence-electron chi connectivity index (χ1n) is 6.44. The minimum atomic E-state index is 0.392. The molecule has 0 radical (unpaired) electrons. The smallest absolute Gasteiger partial charge is 0.130 e. The van der Waals surface area contributed by atoms with Gasteiger partial charge in [-0.2, -0.15) is 11.8 Å². The Morgan fingerprint density at radius 2 is 2.06 bits per heavy atom. The molecular formula is C13H20BrN3S. The Morgan fingerprint density at radius 1 is 1.33 bits per heavy atom. The summed E-state index contributed by atoms with van der Waals surface area (Å²) in [5.41, 5.74) is 0. The first kappa shape index (κ1) is 14.1. The zero-order chi connectivity index (χ0) is 13.0. The molecule has 3 nitrogen and oxygen atoms in total. The van der Waals surface area contributed by atoms with Gasteiger partial charge in [0.2, 0.25) is 0 Å². The van der Waals surface area contributed by atoms with E-state index in [4.69, 9.17) is 0 Å². The van der Waals surface area contributed by atoms with Gasteiger partial charge in [-0.3, -0.25) is 0 Å². The molecule has 1 heterocycles. The number of halogens is 1. The lowest BCUT2D eigenvalue weighted by Crippen LogP contribution is -2.35. The van der Waals surface area contributed by atoms with E-state index in [2.05, 4.69) is 37.5 Å². The minimum Gasteiger partial charge on any atom is -0.369 e. The fourth-order valence-corrected chi connectivity index (χ4v) is 3.91. The monoisotopic (exact) mass is 329 g/mol. The van der Waals surface area contributed by atoms with Crippen molar-refractivity contribution in [2.24, 2.45) is 0 Å². The SMILES string of the molecule is CSC1(CNc2cc(Br)nc(C)n2)CCCCC1. The summed E-state index contributed by atoms with van der Waals surface area (Å²) in [6, 6.07) is 1.95. The van der Waals surface area contributed by atoms with Crippen LogP contribution in [0.15, 0.2) is 10.7 Å². The van der Waals surface area contributed by atoms with Gasteiger partial charge in [-0.05, 0) is 42.0 Å². The number of rotatable bonds is 4. The van der Waals surface area contributed by atoms with Crippen LogP contribution in [-0.2, 0) is 0 Å².